The molecule has 1 saturated carbocycles. The molecule has 2 unspecified atom stereocenters. The summed E-state index contributed by atoms with van der Waals surface area (Å²) in [6.45, 7) is 3.45. The van der Waals surface area contributed by atoms with Crippen molar-refractivity contribution in [1.29, 1.82) is 0 Å². The quantitative estimate of drug-likeness (QED) is 0.824. The molecular formula is C13H22N2O3S. The molecule has 2 N–H and O–H groups in total. The van der Waals surface area contributed by atoms with Crippen molar-refractivity contribution in [1.82, 2.24) is 10.2 Å². The van der Waals surface area contributed by atoms with Gasteiger partial charge < -0.3 is 15.3 Å². The summed E-state index contributed by atoms with van der Waals surface area (Å²) in [4.78, 5) is 24.7. The molecule has 0 radical (unpaired) electrons. The van der Waals surface area contributed by atoms with Crippen molar-refractivity contribution in [2.45, 2.75) is 30.9 Å². The third-order valence-corrected chi connectivity index (χ3v) is 5.89. The zero-order valence-corrected chi connectivity index (χ0v) is 12.3. The summed E-state index contributed by atoms with van der Waals surface area (Å²) in [5.74, 6) is -1.20. The molecule has 108 valence electrons. The van der Waals surface area contributed by atoms with Crippen LogP contribution in [0.25, 0.3) is 0 Å². The lowest BCUT2D eigenvalue weighted by atomic mass is 9.84. The Morgan fingerprint density at radius 2 is 2.11 bits per heavy atom. The third kappa shape index (κ3) is 2.99. The average molecular weight is 286 g/mol. The van der Waals surface area contributed by atoms with Crippen LogP contribution in [0.4, 0.5) is 4.79 Å². The van der Waals surface area contributed by atoms with Gasteiger partial charge in [-0.2, -0.15) is 11.8 Å². The molecule has 2 fully saturated rings. The second-order valence-corrected chi connectivity index (χ2v) is 7.00. The van der Waals surface area contributed by atoms with Crippen LogP contribution in [0, 0.1) is 11.8 Å². The van der Waals surface area contributed by atoms with Crippen LogP contribution < -0.4 is 5.32 Å². The number of amides is 2. The van der Waals surface area contributed by atoms with E-state index in [1.807, 2.05) is 18.7 Å². The maximum absolute atomic E-state index is 12.1. The van der Waals surface area contributed by atoms with Gasteiger partial charge in [-0.15, -0.1) is 0 Å². The number of carboxylic acids is 1. The Hall–Kier alpha value is -0.910. The molecule has 1 saturated heterocycles. The molecule has 0 spiro atoms. The molecule has 0 aromatic heterocycles. The van der Waals surface area contributed by atoms with Gasteiger partial charge in [-0.3, -0.25) is 4.79 Å². The molecular weight excluding hydrogens is 264 g/mol. The lowest BCUT2D eigenvalue weighted by molar-refractivity contribution is -0.142. The van der Waals surface area contributed by atoms with Gasteiger partial charge in [0, 0.05) is 24.4 Å². The number of carboxylic acid groups (broad SMARTS) is 1. The fourth-order valence-electron chi connectivity index (χ4n) is 2.83. The predicted octanol–water partition coefficient (Wildman–Crippen LogP) is 1.63. The maximum atomic E-state index is 12.1. The molecule has 0 aromatic rings. The van der Waals surface area contributed by atoms with E-state index in [0.717, 1.165) is 12.8 Å². The molecule has 19 heavy (non-hydrogen) atoms. The van der Waals surface area contributed by atoms with E-state index in [-0.39, 0.29) is 16.7 Å². The number of aliphatic carboxylic acids is 1. The minimum Gasteiger partial charge on any atom is -0.481 e. The maximum Gasteiger partial charge on any atom is 0.317 e. The molecule has 2 aliphatic rings. The van der Waals surface area contributed by atoms with Crippen LogP contribution >= 0.6 is 11.8 Å². The Labute approximate surface area is 118 Å². The largest absolute Gasteiger partial charge is 0.481 e. The van der Waals surface area contributed by atoms with Crippen LogP contribution in [0.1, 0.15) is 26.2 Å². The van der Waals surface area contributed by atoms with Gasteiger partial charge in [0.25, 0.3) is 0 Å². The van der Waals surface area contributed by atoms with Crippen LogP contribution in [0.5, 0.6) is 0 Å². The summed E-state index contributed by atoms with van der Waals surface area (Å²) in [6, 6.07) is -0.115. The molecule has 2 amide bonds. The molecule has 5 nitrogen and oxygen atoms in total. The van der Waals surface area contributed by atoms with Crippen molar-refractivity contribution in [3.05, 3.63) is 0 Å². The van der Waals surface area contributed by atoms with Gasteiger partial charge in [-0.25, -0.2) is 4.79 Å². The number of nitrogens with one attached hydrogen (secondary N) is 1. The molecule has 1 aliphatic heterocycles. The first-order chi connectivity index (χ1) is 8.97. The molecule has 0 aromatic carbocycles. The van der Waals surface area contributed by atoms with E-state index >= 15 is 0 Å². The summed E-state index contributed by atoms with van der Waals surface area (Å²) in [6.07, 6.45) is 5.63. The van der Waals surface area contributed by atoms with E-state index in [9.17, 15) is 9.59 Å². The SMILES string of the molecule is CSC1(CNC(=O)N2CC(C)C(C(=O)O)C2)CCC1. The van der Waals surface area contributed by atoms with Crippen molar-refractivity contribution in [3.63, 3.8) is 0 Å². The van der Waals surface area contributed by atoms with Crippen molar-refractivity contribution in [2.75, 3.05) is 25.9 Å². The summed E-state index contributed by atoms with van der Waals surface area (Å²) >= 11 is 1.82. The van der Waals surface area contributed by atoms with Crippen molar-refractivity contribution < 1.29 is 14.7 Å². The number of hydrogen-bond acceptors (Lipinski definition) is 3. The van der Waals surface area contributed by atoms with E-state index in [1.165, 1.54) is 6.42 Å². The van der Waals surface area contributed by atoms with Gasteiger partial charge in [-0.05, 0) is 25.0 Å². The summed E-state index contributed by atoms with van der Waals surface area (Å²) in [7, 11) is 0. The number of likely N-dealkylation sites (tertiary alicyclic amines) is 1. The monoisotopic (exact) mass is 286 g/mol. The number of carbonyl (C=O) groups excluding carboxylic acids is 1. The fraction of sp³-hybridized carbons (Fsp3) is 0.846. The summed E-state index contributed by atoms with van der Waals surface area (Å²) in [5, 5.41) is 12.0. The van der Waals surface area contributed by atoms with E-state index < -0.39 is 11.9 Å². The van der Waals surface area contributed by atoms with Crippen LogP contribution in [0.2, 0.25) is 0 Å². The second kappa shape index (κ2) is 5.61. The minimum absolute atomic E-state index is 0.0291. The first kappa shape index (κ1) is 14.5. The average Bonchev–Trinajstić information content (AvgIpc) is 2.70. The van der Waals surface area contributed by atoms with Gasteiger partial charge in [0.2, 0.25) is 0 Å². The molecule has 1 heterocycles. The topological polar surface area (TPSA) is 69.6 Å². The van der Waals surface area contributed by atoms with Crippen molar-refractivity contribution in [3.8, 4) is 0 Å². The zero-order chi connectivity index (χ0) is 14.0. The van der Waals surface area contributed by atoms with Gasteiger partial charge in [-0.1, -0.05) is 13.3 Å². The van der Waals surface area contributed by atoms with Gasteiger partial charge in [0.05, 0.1) is 5.92 Å². The number of carbonyl (C=O) groups is 2. The smallest absolute Gasteiger partial charge is 0.317 e. The van der Waals surface area contributed by atoms with E-state index in [2.05, 4.69) is 11.6 Å². The van der Waals surface area contributed by atoms with Crippen LogP contribution in [-0.4, -0.2) is 52.6 Å². The molecule has 1 aliphatic carbocycles. The van der Waals surface area contributed by atoms with Gasteiger partial charge >= 0.3 is 12.0 Å². The minimum atomic E-state index is -0.803. The Morgan fingerprint density at radius 3 is 2.53 bits per heavy atom. The first-order valence-electron chi connectivity index (χ1n) is 6.78. The Balaban J connectivity index is 1.83. The molecule has 6 heteroatoms. The van der Waals surface area contributed by atoms with Crippen molar-refractivity contribution in [2.24, 2.45) is 11.8 Å². The van der Waals surface area contributed by atoms with Gasteiger partial charge in [0.1, 0.15) is 0 Å². The number of hydrogen-bond donors (Lipinski definition) is 2. The van der Waals surface area contributed by atoms with E-state index in [4.69, 9.17) is 5.11 Å². The summed E-state index contributed by atoms with van der Waals surface area (Å²) in [5.41, 5.74) is 0. The Kier molecular flexibility index (Phi) is 4.28. The number of rotatable bonds is 4. The second-order valence-electron chi connectivity index (χ2n) is 5.73. The van der Waals surface area contributed by atoms with E-state index in [1.54, 1.807) is 4.90 Å². The fourth-order valence-corrected chi connectivity index (χ4v) is 3.74. The number of thioether (sulfide) groups is 1. The highest BCUT2D eigenvalue weighted by molar-refractivity contribution is 8.00. The molecule has 0 bridgehead atoms. The van der Waals surface area contributed by atoms with E-state index in [0.29, 0.717) is 19.6 Å². The number of urea groups is 1. The van der Waals surface area contributed by atoms with Crippen LogP contribution in [0.3, 0.4) is 0 Å². The Bertz CT molecular complexity index is 365. The lowest BCUT2D eigenvalue weighted by Gasteiger charge is -2.40. The summed E-state index contributed by atoms with van der Waals surface area (Å²) < 4.78 is 0.215. The lowest BCUT2D eigenvalue weighted by Crippen LogP contribution is -2.48. The van der Waals surface area contributed by atoms with Crippen LogP contribution in [0.15, 0.2) is 0 Å². The number of nitrogens with zero attached hydrogens (tertiary/aromatic N) is 1. The molecule has 2 rings (SSSR count). The van der Waals surface area contributed by atoms with Gasteiger partial charge in [0.15, 0.2) is 0 Å². The third-order valence-electron chi connectivity index (χ3n) is 4.48. The Morgan fingerprint density at radius 1 is 1.42 bits per heavy atom. The zero-order valence-electron chi connectivity index (χ0n) is 11.5. The standard InChI is InChI=1S/C13H22N2O3S/c1-9-6-15(7-10(9)11(16)17)12(18)14-8-13(19-2)4-3-5-13/h9-10H,3-8H2,1-2H3,(H,14,18)(H,16,17). The first-order valence-corrected chi connectivity index (χ1v) is 8.01. The molecule has 2 atom stereocenters. The highest BCUT2D eigenvalue weighted by Crippen LogP contribution is 2.42. The van der Waals surface area contributed by atoms with Crippen LogP contribution in [-0.2, 0) is 4.79 Å². The highest BCUT2D eigenvalue weighted by Gasteiger charge is 2.39. The normalized spacial score (nSPS) is 28.8. The predicted molar refractivity (Wildman–Crippen MR) is 75.4 cm³/mol. The van der Waals surface area contributed by atoms with Crippen molar-refractivity contribution >= 4 is 23.8 Å². The highest BCUT2D eigenvalue weighted by atomic mass is 32.2.